The fourth-order valence-electron chi connectivity index (χ4n) is 1.48. The highest BCUT2D eigenvalue weighted by Gasteiger charge is 2.09. The van der Waals surface area contributed by atoms with Gasteiger partial charge in [-0.15, -0.1) is 6.42 Å². The van der Waals surface area contributed by atoms with Gasteiger partial charge in [-0.1, -0.05) is 21.9 Å². The van der Waals surface area contributed by atoms with Crippen molar-refractivity contribution in [1.29, 1.82) is 0 Å². The number of nitrogens with zero attached hydrogens (tertiary/aromatic N) is 3. The van der Waals surface area contributed by atoms with Crippen LogP contribution in [0.5, 0.6) is 0 Å². The van der Waals surface area contributed by atoms with E-state index in [0.29, 0.717) is 6.54 Å². The van der Waals surface area contributed by atoms with Crippen LogP contribution in [0.2, 0.25) is 0 Å². The highest BCUT2D eigenvalue weighted by molar-refractivity contribution is 9.08. The minimum absolute atomic E-state index is 0.486. The number of hydrogen-bond donors (Lipinski definition) is 0. The predicted octanol–water partition coefficient (Wildman–Crippen LogP) is 2.47. The van der Waals surface area contributed by atoms with Gasteiger partial charge in [-0.25, -0.2) is 0 Å². The molecular formula is C12H10BrN3. The summed E-state index contributed by atoms with van der Waals surface area (Å²) < 4.78 is 1.76. The Morgan fingerprint density at radius 2 is 2.38 bits per heavy atom. The fourth-order valence-corrected chi connectivity index (χ4v) is 1.89. The number of alkyl halides is 1. The molecule has 0 aliphatic rings. The summed E-state index contributed by atoms with van der Waals surface area (Å²) in [6.07, 6.45) is 10.8. The molecule has 0 bridgehead atoms. The molecular weight excluding hydrogens is 266 g/mol. The van der Waals surface area contributed by atoms with Crippen molar-refractivity contribution >= 4 is 15.9 Å². The zero-order chi connectivity index (χ0) is 11.4. The number of terminal acetylenes is 1. The molecule has 2 aromatic rings. The van der Waals surface area contributed by atoms with Crippen molar-refractivity contribution in [2.75, 3.05) is 0 Å². The Balaban J connectivity index is 2.44. The summed E-state index contributed by atoms with van der Waals surface area (Å²) in [6, 6.07) is 3.88. The van der Waals surface area contributed by atoms with Crippen LogP contribution in [0, 0.1) is 12.3 Å². The summed E-state index contributed by atoms with van der Waals surface area (Å²) in [5.41, 5.74) is 3.05. The van der Waals surface area contributed by atoms with E-state index in [4.69, 9.17) is 6.42 Å². The maximum atomic E-state index is 5.27. The SMILES string of the molecule is C#CCn1cc(CBr)c(-c2cccnc2)n1. The van der Waals surface area contributed by atoms with Crippen molar-refractivity contribution in [1.82, 2.24) is 14.8 Å². The Bertz CT molecular complexity index is 511. The molecule has 3 nitrogen and oxygen atoms in total. The molecule has 0 spiro atoms. The van der Waals surface area contributed by atoms with E-state index in [1.165, 1.54) is 0 Å². The highest BCUT2D eigenvalue weighted by atomic mass is 79.9. The lowest BCUT2D eigenvalue weighted by Crippen LogP contribution is -1.95. The predicted molar refractivity (Wildman–Crippen MR) is 66.9 cm³/mol. The van der Waals surface area contributed by atoms with Gasteiger partial charge in [-0.2, -0.15) is 5.10 Å². The molecule has 16 heavy (non-hydrogen) atoms. The van der Waals surface area contributed by atoms with Gasteiger partial charge in [0.25, 0.3) is 0 Å². The monoisotopic (exact) mass is 275 g/mol. The smallest absolute Gasteiger partial charge is 0.101 e. The Kier molecular flexibility index (Phi) is 3.37. The molecule has 2 heterocycles. The highest BCUT2D eigenvalue weighted by Crippen LogP contribution is 2.22. The van der Waals surface area contributed by atoms with E-state index < -0.39 is 0 Å². The third kappa shape index (κ3) is 2.15. The van der Waals surface area contributed by atoms with Crippen molar-refractivity contribution in [2.45, 2.75) is 11.9 Å². The normalized spacial score (nSPS) is 10.0. The van der Waals surface area contributed by atoms with Crippen molar-refractivity contribution in [3.8, 4) is 23.6 Å². The average Bonchev–Trinajstić information content (AvgIpc) is 2.74. The van der Waals surface area contributed by atoms with Gasteiger partial charge >= 0.3 is 0 Å². The second kappa shape index (κ2) is 4.95. The minimum atomic E-state index is 0.486. The number of hydrogen-bond acceptors (Lipinski definition) is 2. The van der Waals surface area contributed by atoms with E-state index in [0.717, 1.165) is 22.2 Å². The summed E-state index contributed by atoms with van der Waals surface area (Å²) in [6.45, 7) is 0.486. The van der Waals surface area contributed by atoms with Gasteiger partial charge in [0.2, 0.25) is 0 Å². The van der Waals surface area contributed by atoms with Crippen LogP contribution in [0.15, 0.2) is 30.7 Å². The van der Waals surface area contributed by atoms with Gasteiger partial charge in [-0.3, -0.25) is 9.67 Å². The van der Waals surface area contributed by atoms with Crippen LogP contribution in [0.3, 0.4) is 0 Å². The van der Waals surface area contributed by atoms with Crippen LogP contribution < -0.4 is 0 Å². The molecule has 0 aliphatic heterocycles. The first-order valence-electron chi connectivity index (χ1n) is 4.81. The summed E-state index contributed by atoms with van der Waals surface area (Å²) in [5, 5.41) is 5.20. The standard InChI is InChI=1S/C12H10BrN3/c1-2-6-16-9-11(7-13)12(15-16)10-4-3-5-14-8-10/h1,3-5,8-9H,6-7H2. The van der Waals surface area contributed by atoms with E-state index >= 15 is 0 Å². The first kappa shape index (κ1) is 10.9. The molecule has 0 fully saturated rings. The summed E-state index contributed by atoms with van der Waals surface area (Å²) in [5.74, 6) is 2.57. The van der Waals surface area contributed by atoms with Crippen molar-refractivity contribution < 1.29 is 0 Å². The zero-order valence-electron chi connectivity index (χ0n) is 8.60. The van der Waals surface area contributed by atoms with Crippen LogP contribution in [-0.4, -0.2) is 14.8 Å². The largest absolute Gasteiger partial charge is 0.264 e. The Labute approximate surface area is 103 Å². The number of halogens is 1. The van der Waals surface area contributed by atoms with Crippen molar-refractivity contribution in [3.05, 3.63) is 36.3 Å². The third-order valence-corrected chi connectivity index (χ3v) is 2.77. The molecule has 2 rings (SSSR count). The van der Waals surface area contributed by atoms with Crippen LogP contribution >= 0.6 is 15.9 Å². The third-order valence-electron chi connectivity index (χ3n) is 2.17. The fraction of sp³-hybridized carbons (Fsp3) is 0.167. The van der Waals surface area contributed by atoms with Gasteiger partial charge in [0.05, 0.1) is 5.69 Å². The molecule has 80 valence electrons. The van der Waals surface area contributed by atoms with Crippen LogP contribution in [0.25, 0.3) is 11.3 Å². The van der Waals surface area contributed by atoms with E-state index in [2.05, 4.69) is 31.9 Å². The van der Waals surface area contributed by atoms with E-state index in [1.54, 1.807) is 17.1 Å². The first-order valence-corrected chi connectivity index (χ1v) is 5.93. The molecule has 0 radical (unpaired) electrons. The van der Waals surface area contributed by atoms with Gasteiger partial charge in [0.1, 0.15) is 6.54 Å². The molecule has 2 aromatic heterocycles. The average molecular weight is 276 g/mol. The minimum Gasteiger partial charge on any atom is -0.264 e. The number of pyridine rings is 1. The molecule has 0 saturated carbocycles. The topological polar surface area (TPSA) is 30.7 Å². The molecule has 0 atom stereocenters. The zero-order valence-corrected chi connectivity index (χ0v) is 10.2. The summed E-state index contributed by atoms with van der Waals surface area (Å²) in [4.78, 5) is 4.09. The van der Waals surface area contributed by atoms with Gasteiger partial charge in [0, 0.05) is 35.0 Å². The van der Waals surface area contributed by atoms with E-state index in [1.807, 2.05) is 18.3 Å². The molecule has 0 saturated heterocycles. The number of aromatic nitrogens is 3. The molecule has 4 heteroatoms. The molecule has 0 N–H and O–H groups in total. The van der Waals surface area contributed by atoms with E-state index in [9.17, 15) is 0 Å². The van der Waals surface area contributed by atoms with E-state index in [-0.39, 0.29) is 0 Å². The lowest BCUT2D eigenvalue weighted by Gasteiger charge is -1.97. The van der Waals surface area contributed by atoms with Crippen molar-refractivity contribution in [2.24, 2.45) is 0 Å². The quantitative estimate of drug-likeness (QED) is 0.637. The van der Waals surface area contributed by atoms with Gasteiger partial charge in [-0.05, 0) is 12.1 Å². The lowest BCUT2D eigenvalue weighted by molar-refractivity contribution is 0.718. The molecule has 0 unspecified atom stereocenters. The first-order chi connectivity index (χ1) is 7.85. The number of rotatable bonds is 3. The van der Waals surface area contributed by atoms with Crippen molar-refractivity contribution in [3.63, 3.8) is 0 Å². The van der Waals surface area contributed by atoms with Crippen LogP contribution in [-0.2, 0) is 11.9 Å². The Hall–Kier alpha value is -1.60. The van der Waals surface area contributed by atoms with Crippen LogP contribution in [0.1, 0.15) is 5.56 Å². The Morgan fingerprint density at radius 1 is 1.50 bits per heavy atom. The Morgan fingerprint density at radius 3 is 3.00 bits per heavy atom. The van der Waals surface area contributed by atoms with Gasteiger partial charge < -0.3 is 0 Å². The molecule has 0 amide bonds. The maximum Gasteiger partial charge on any atom is 0.101 e. The molecule has 0 aromatic carbocycles. The molecule has 0 aliphatic carbocycles. The summed E-state index contributed by atoms with van der Waals surface area (Å²) >= 11 is 3.44. The second-order valence-corrected chi connectivity index (χ2v) is 3.84. The lowest BCUT2D eigenvalue weighted by atomic mass is 10.1. The van der Waals surface area contributed by atoms with Gasteiger partial charge in [0.15, 0.2) is 0 Å². The summed E-state index contributed by atoms with van der Waals surface area (Å²) in [7, 11) is 0. The van der Waals surface area contributed by atoms with Crippen LogP contribution in [0.4, 0.5) is 0 Å². The maximum absolute atomic E-state index is 5.27. The second-order valence-electron chi connectivity index (χ2n) is 3.28.